The normalized spacial score (nSPS) is 11.6. The number of benzene rings is 6. The van der Waals surface area contributed by atoms with Crippen LogP contribution in [0.15, 0.2) is 173 Å². The Hall–Kier alpha value is -6.85. The molecule has 4 aromatic heterocycles. The third-order valence-corrected chi connectivity index (χ3v) is 9.43. The second-order valence-corrected chi connectivity index (χ2v) is 12.4. The van der Waals surface area contributed by atoms with Gasteiger partial charge in [-0.05, 0) is 59.2 Å². The first-order chi connectivity index (χ1) is 24.8. The molecule has 0 unspecified atom stereocenters. The van der Waals surface area contributed by atoms with E-state index >= 15 is 0 Å². The Kier molecular flexibility index (Phi) is 6.42. The summed E-state index contributed by atoms with van der Waals surface area (Å²) >= 11 is 0. The molecule has 0 spiro atoms. The van der Waals surface area contributed by atoms with Crippen molar-refractivity contribution < 1.29 is 8.83 Å². The first kappa shape index (κ1) is 28.2. The third-order valence-electron chi connectivity index (χ3n) is 9.43. The van der Waals surface area contributed by atoms with Crippen LogP contribution in [0.5, 0.6) is 0 Å². The fourth-order valence-electron chi connectivity index (χ4n) is 7.06. The number of aromatic nitrogens is 3. The molecular weight excluding hydrogens is 615 g/mol. The van der Waals surface area contributed by atoms with Crippen molar-refractivity contribution in [3.63, 3.8) is 0 Å². The predicted molar refractivity (Wildman–Crippen MR) is 202 cm³/mol. The molecule has 0 aliphatic heterocycles. The quantitative estimate of drug-likeness (QED) is 0.187. The first-order valence-corrected chi connectivity index (χ1v) is 16.6. The van der Waals surface area contributed by atoms with Crippen LogP contribution in [0.1, 0.15) is 0 Å². The summed E-state index contributed by atoms with van der Waals surface area (Å²) in [5.41, 5.74) is 12.0. The van der Waals surface area contributed by atoms with Crippen LogP contribution in [0.25, 0.3) is 100 Å². The maximum atomic E-state index is 6.72. The molecule has 5 nitrogen and oxygen atoms in total. The highest BCUT2D eigenvalue weighted by molar-refractivity contribution is 6.19. The lowest BCUT2D eigenvalue weighted by atomic mass is 9.95. The lowest BCUT2D eigenvalue weighted by Crippen LogP contribution is -1.97. The minimum absolute atomic E-state index is 0.591. The van der Waals surface area contributed by atoms with Crippen LogP contribution in [-0.4, -0.2) is 15.0 Å². The van der Waals surface area contributed by atoms with E-state index in [1.54, 1.807) is 0 Å². The van der Waals surface area contributed by atoms with Gasteiger partial charge in [0.25, 0.3) is 0 Å². The number of hydrogen-bond donors (Lipinski definition) is 0. The number of hydrogen-bond acceptors (Lipinski definition) is 5. The summed E-state index contributed by atoms with van der Waals surface area (Å²) in [7, 11) is 0. The van der Waals surface area contributed by atoms with E-state index in [-0.39, 0.29) is 0 Å². The Morgan fingerprint density at radius 2 is 1.00 bits per heavy atom. The molecule has 0 bridgehead atoms. The van der Waals surface area contributed by atoms with Crippen molar-refractivity contribution in [3.05, 3.63) is 164 Å². The highest BCUT2D eigenvalue weighted by Crippen LogP contribution is 2.44. The Labute approximate surface area is 287 Å². The Morgan fingerprint density at radius 1 is 0.380 bits per heavy atom. The molecule has 234 valence electrons. The van der Waals surface area contributed by atoms with E-state index in [1.165, 1.54) is 0 Å². The summed E-state index contributed by atoms with van der Waals surface area (Å²) in [6.45, 7) is 0. The lowest BCUT2D eigenvalue weighted by Gasteiger charge is -2.12. The molecule has 0 aliphatic carbocycles. The van der Waals surface area contributed by atoms with Gasteiger partial charge in [-0.3, -0.25) is 4.98 Å². The fourth-order valence-corrected chi connectivity index (χ4v) is 7.06. The van der Waals surface area contributed by atoms with E-state index < -0.39 is 0 Å². The predicted octanol–water partition coefficient (Wildman–Crippen LogP) is 12.0. The number of para-hydroxylation sites is 3. The van der Waals surface area contributed by atoms with E-state index in [0.717, 1.165) is 94.2 Å². The molecular formula is C45H27N3O2. The Bertz CT molecular complexity index is 2870. The number of nitrogens with zero attached hydrogens (tertiary/aromatic N) is 3. The molecule has 0 aliphatic rings. The highest BCUT2D eigenvalue weighted by Gasteiger charge is 2.22. The van der Waals surface area contributed by atoms with E-state index in [2.05, 4.69) is 96.0 Å². The van der Waals surface area contributed by atoms with E-state index in [4.69, 9.17) is 18.8 Å². The molecule has 0 saturated heterocycles. The largest absolute Gasteiger partial charge is 0.455 e. The van der Waals surface area contributed by atoms with Crippen molar-refractivity contribution in [1.29, 1.82) is 0 Å². The standard InChI is InChI=1S/C45H27N3O2/c1-2-10-29(11-3-1)38-27-39(31-13-8-12-30(26-31)28-22-24-46-25-23-28)48-45(47-38)37-21-20-33(42-36-15-5-7-19-41(36)50-44(37)42)35-17-9-16-34-32-14-4-6-18-40(32)49-43(34)35/h1-27H. The number of fused-ring (bicyclic) bond motifs is 6. The fraction of sp³-hybridized carbons (Fsp3) is 0. The van der Waals surface area contributed by atoms with Gasteiger partial charge in [0.2, 0.25) is 0 Å². The summed E-state index contributed by atoms with van der Waals surface area (Å²) in [6, 6.07) is 51.8. The van der Waals surface area contributed by atoms with E-state index in [9.17, 15) is 0 Å². The Morgan fingerprint density at radius 3 is 1.84 bits per heavy atom. The molecule has 50 heavy (non-hydrogen) atoms. The molecule has 4 heterocycles. The van der Waals surface area contributed by atoms with Gasteiger partial charge in [-0.25, -0.2) is 9.97 Å². The topological polar surface area (TPSA) is 65.0 Å². The second-order valence-electron chi connectivity index (χ2n) is 12.4. The van der Waals surface area contributed by atoms with Crippen molar-refractivity contribution in [2.24, 2.45) is 0 Å². The molecule has 0 amide bonds. The minimum atomic E-state index is 0.591. The van der Waals surface area contributed by atoms with Gasteiger partial charge in [0.1, 0.15) is 22.3 Å². The van der Waals surface area contributed by atoms with Crippen LogP contribution in [-0.2, 0) is 0 Å². The summed E-state index contributed by atoms with van der Waals surface area (Å²) in [5, 5.41) is 4.21. The van der Waals surface area contributed by atoms with Gasteiger partial charge in [-0.2, -0.15) is 0 Å². The number of pyridine rings is 1. The minimum Gasteiger partial charge on any atom is -0.455 e. The Balaban J connectivity index is 1.22. The monoisotopic (exact) mass is 641 g/mol. The van der Waals surface area contributed by atoms with Crippen molar-refractivity contribution in [2.75, 3.05) is 0 Å². The van der Waals surface area contributed by atoms with Crippen molar-refractivity contribution >= 4 is 43.9 Å². The van der Waals surface area contributed by atoms with Gasteiger partial charge < -0.3 is 8.83 Å². The van der Waals surface area contributed by atoms with Gasteiger partial charge in [0.05, 0.1) is 17.0 Å². The smallest absolute Gasteiger partial charge is 0.164 e. The molecule has 6 aromatic carbocycles. The van der Waals surface area contributed by atoms with E-state index in [1.807, 2.05) is 73.1 Å². The zero-order valence-corrected chi connectivity index (χ0v) is 26.7. The van der Waals surface area contributed by atoms with Crippen molar-refractivity contribution in [1.82, 2.24) is 15.0 Å². The van der Waals surface area contributed by atoms with Gasteiger partial charge in [-0.1, -0.05) is 109 Å². The molecule has 0 radical (unpaired) electrons. The summed E-state index contributed by atoms with van der Waals surface area (Å²) in [5.74, 6) is 0.591. The average Bonchev–Trinajstić information content (AvgIpc) is 3.77. The van der Waals surface area contributed by atoms with Crippen LogP contribution >= 0.6 is 0 Å². The lowest BCUT2D eigenvalue weighted by molar-refractivity contribution is 0.669. The maximum Gasteiger partial charge on any atom is 0.164 e. The van der Waals surface area contributed by atoms with Crippen LogP contribution < -0.4 is 0 Å². The van der Waals surface area contributed by atoms with Gasteiger partial charge >= 0.3 is 0 Å². The molecule has 0 saturated carbocycles. The molecule has 10 aromatic rings. The van der Waals surface area contributed by atoms with Gasteiger partial charge in [0, 0.05) is 50.6 Å². The molecule has 5 heteroatoms. The summed E-state index contributed by atoms with van der Waals surface area (Å²) in [6.07, 6.45) is 3.63. The first-order valence-electron chi connectivity index (χ1n) is 16.6. The third kappa shape index (κ3) is 4.60. The van der Waals surface area contributed by atoms with Crippen LogP contribution in [0.2, 0.25) is 0 Å². The average molecular weight is 642 g/mol. The summed E-state index contributed by atoms with van der Waals surface area (Å²) < 4.78 is 13.2. The van der Waals surface area contributed by atoms with Crippen molar-refractivity contribution in [2.45, 2.75) is 0 Å². The molecule has 0 N–H and O–H groups in total. The van der Waals surface area contributed by atoms with Crippen molar-refractivity contribution in [3.8, 4) is 56.2 Å². The van der Waals surface area contributed by atoms with Crippen LogP contribution in [0, 0.1) is 0 Å². The van der Waals surface area contributed by atoms with E-state index in [0.29, 0.717) is 5.82 Å². The van der Waals surface area contributed by atoms with Gasteiger partial charge in [-0.15, -0.1) is 0 Å². The second kappa shape index (κ2) is 11.4. The van der Waals surface area contributed by atoms with Gasteiger partial charge in [0.15, 0.2) is 5.82 Å². The number of rotatable bonds is 5. The maximum absolute atomic E-state index is 6.72. The molecule has 0 fully saturated rings. The zero-order valence-electron chi connectivity index (χ0n) is 26.7. The SMILES string of the molecule is c1ccc(-c2cc(-c3cccc(-c4ccncc4)c3)nc(-c3ccc(-c4cccc5c4oc4ccccc45)c4c3oc3ccccc34)n2)cc1. The molecule has 10 rings (SSSR count). The van der Waals surface area contributed by atoms with Crippen LogP contribution in [0.3, 0.4) is 0 Å². The highest BCUT2D eigenvalue weighted by atomic mass is 16.3. The zero-order chi connectivity index (χ0) is 33.0. The number of furan rings is 2. The van der Waals surface area contributed by atoms with Crippen LogP contribution in [0.4, 0.5) is 0 Å². The molecule has 0 atom stereocenters. The summed E-state index contributed by atoms with van der Waals surface area (Å²) in [4.78, 5) is 14.6.